The summed E-state index contributed by atoms with van der Waals surface area (Å²) in [5.74, 6) is 0.649. The first kappa shape index (κ1) is 15.4. The molecule has 2 N–H and O–H groups in total. The molecule has 2 aromatic rings. The molecule has 0 aliphatic heterocycles. The Morgan fingerprint density at radius 2 is 2.05 bits per heavy atom. The number of aliphatic hydroxyl groups is 1. The van der Waals surface area contributed by atoms with Gasteiger partial charge >= 0.3 is 0 Å². The van der Waals surface area contributed by atoms with E-state index in [1.807, 2.05) is 42.5 Å². The van der Waals surface area contributed by atoms with Crippen LogP contribution in [0.15, 0.2) is 55.1 Å². The van der Waals surface area contributed by atoms with Crippen LogP contribution >= 0.6 is 11.6 Å². The van der Waals surface area contributed by atoms with Crippen molar-refractivity contribution in [3.8, 4) is 5.75 Å². The van der Waals surface area contributed by atoms with E-state index < -0.39 is 0 Å². The summed E-state index contributed by atoms with van der Waals surface area (Å²) >= 11 is 6.18. The van der Waals surface area contributed by atoms with Crippen LogP contribution in [0, 0.1) is 0 Å². The molecule has 0 saturated heterocycles. The van der Waals surface area contributed by atoms with Gasteiger partial charge in [0, 0.05) is 17.8 Å². The fourth-order valence-electron chi connectivity index (χ4n) is 1.95. The molecule has 0 aromatic heterocycles. The van der Waals surface area contributed by atoms with E-state index in [4.69, 9.17) is 16.3 Å². The molecule has 0 saturated carbocycles. The monoisotopic (exact) mass is 303 g/mol. The van der Waals surface area contributed by atoms with E-state index in [9.17, 15) is 5.11 Å². The molecule has 3 nitrogen and oxygen atoms in total. The van der Waals surface area contributed by atoms with Crippen molar-refractivity contribution in [1.29, 1.82) is 0 Å². The van der Waals surface area contributed by atoms with E-state index in [1.54, 1.807) is 6.08 Å². The molecule has 0 unspecified atom stereocenters. The Labute approximate surface area is 129 Å². The lowest BCUT2D eigenvalue weighted by Crippen LogP contribution is -2.03. The highest BCUT2D eigenvalue weighted by molar-refractivity contribution is 6.32. The first-order chi connectivity index (χ1) is 10.2. The van der Waals surface area contributed by atoms with Gasteiger partial charge in [0.25, 0.3) is 0 Å². The van der Waals surface area contributed by atoms with Gasteiger partial charge in [0.15, 0.2) is 0 Å². The zero-order valence-corrected chi connectivity index (χ0v) is 12.4. The van der Waals surface area contributed by atoms with Gasteiger partial charge in [-0.15, -0.1) is 0 Å². The van der Waals surface area contributed by atoms with Crippen LogP contribution in [0.4, 0.5) is 5.69 Å². The molecule has 0 amide bonds. The second-order valence-electron chi connectivity index (χ2n) is 4.53. The third kappa shape index (κ3) is 4.25. The van der Waals surface area contributed by atoms with E-state index >= 15 is 0 Å². The Bertz CT molecular complexity index is 613. The summed E-state index contributed by atoms with van der Waals surface area (Å²) in [5.41, 5.74) is 2.83. The molecule has 0 atom stereocenters. The SMILES string of the molecule is C=CCOc1ccc(CNc2ccccc2CO)cc1Cl. The number of aliphatic hydroxyl groups excluding tert-OH is 1. The topological polar surface area (TPSA) is 41.5 Å². The molecule has 0 heterocycles. The van der Waals surface area contributed by atoms with Crippen LogP contribution in [0.25, 0.3) is 0 Å². The van der Waals surface area contributed by atoms with Crippen LogP contribution in [-0.4, -0.2) is 11.7 Å². The molecule has 0 aliphatic rings. The average molecular weight is 304 g/mol. The smallest absolute Gasteiger partial charge is 0.138 e. The van der Waals surface area contributed by atoms with Gasteiger partial charge in [-0.2, -0.15) is 0 Å². The maximum atomic E-state index is 9.29. The Kier molecular flexibility index (Phi) is 5.67. The van der Waals surface area contributed by atoms with Gasteiger partial charge in [0.2, 0.25) is 0 Å². The number of nitrogens with one attached hydrogen (secondary N) is 1. The van der Waals surface area contributed by atoms with Gasteiger partial charge in [-0.25, -0.2) is 0 Å². The van der Waals surface area contributed by atoms with Crippen molar-refractivity contribution in [2.75, 3.05) is 11.9 Å². The summed E-state index contributed by atoms with van der Waals surface area (Å²) in [6, 6.07) is 13.3. The molecule has 110 valence electrons. The Morgan fingerprint density at radius 3 is 2.76 bits per heavy atom. The van der Waals surface area contributed by atoms with E-state index in [0.29, 0.717) is 23.9 Å². The first-order valence-corrected chi connectivity index (χ1v) is 7.07. The Morgan fingerprint density at radius 1 is 1.24 bits per heavy atom. The molecule has 0 aliphatic carbocycles. The number of benzene rings is 2. The molecular weight excluding hydrogens is 286 g/mol. The highest BCUT2D eigenvalue weighted by Crippen LogP contribution is 2.26. The van der Waals surface area contributed by atoms with Gasteiger partial charge < -0.3 is 15.2 Å². The fourth-order valence-corrected chi connectivity index (χ4v) is 2.21. The van der Waals surface area contributed by atoms with Crippen LogP contribution < -0.4 is 10.1 Å². The predicted molar refractivity (Wildman–Crippen MR) is 86.8 cm³/mol. The molecule has 0 fully saturated rings. The molecule has 2 rings (SSSR count). The van der Waals surface area contributed by atoms with Crippen molar-refractivity contribution < 1.29 is 9.84 Å². The predicted octanol–water partition coefficient (Wildman–Crippen LogP) is 4.01. The normalized spacial score (nSPS) is 10.2. The standard InChI is InChI=1S/C17H18ClNO2/c1-2-9-21-17-8-7-13(10-15(17)18)11-19-16-6-4-3-5-14(16)12-20/h2-8,10,19-20H,1,9,11-12H2. The number of hydrogen-bond acceptors (Lipinski definition) is 3. The van der Waals surface area contributed by atoms with Gasteiger partial charge in [-0.1, -0.05) is 48.5 Å². The largest absolute Gasteiger partial charge is 0.488 e. The Hall–Kier alpha value is -1.97. The molecule has 0 radical (unpaired) electrons. The number of halogens is 1. The summed E-state index contributed by atoms with van der Waals surface area (Å²) in [6.45, 7) is 4.67. The first-order valence-electron chi connectivity index (χ1n) is 6.69. The zero-order chi connectivity index (χ0) is 15.1. The van der Waals surface area contributed by atoms with Gasteiger partial charge in [0.1, 0.15) is 12.4 Å². The lowest BCUT2D eigenvalue weighted by Gasteiger charge is -2.12. The van der Waals surface area contributed by atoms with Crippen LogP contribution in [-0.2, 0) is 13.2 Å². The van der Waals surface area contributed by atoms with E-state index in [1.165, 1.54) is 0 Å². The van der Waals surface area contributed by atoms with Crippen molar-refractivity contribution in [3.63, 3.8) is 0 Å². The van der Waals surface area contributed by atoms with Crippen molar-refractivity contribution in [3.05, 3.63) is 71.3 Å². The fraction of sp³-hybridized carbons (Fsp3) is 0.176. The van der Waals surface area contributed by atoms with Crippen LogP contribution in [0.1, 0.15) is 11.1 Å². The minimum absolute atomic E-state index is 0.0122. The number of ether oxygens (including phenoxy) is 1. The highest BCUT2D eigenvalue weighted by Gasteiger charge is 2.04. The summed E-state index contributed by atoms with van der Waals surface area (Å²) in [6.07, 6.45) is 1.68. The van der Waals surface area contributed by atoms with Crippen LogP contribution in [0.2, 0.25) is 5.02 Å². The minimum Gasteiger partial charge on any atom is -0.488 e. The molecule has 4 heteroatoms. The van der Waals surface area contributed by atoms with Gasteiger partial charge in [0.05, 0.1) is 11.6 Å². The molecule has 0 bridgehead atoms. The lowest BCUT2D eigenvalue weighted by atomic mass is 10.1. The van der Waals surface area contributed by atoms with Gasteiger partial charge in [-0.05, 0) is 23.8 Å². The molecule has 0 spiro atoms. The molecular formula is C17H18ClNO2. The number of rotatable bonds is 7. The highest BCUT2D eigenvalue weighted by atomic mass is 35.5. The number of anilines is 1. The zero-order valence-electron chi connectivity index (χ0n) is 11.7. The summed E-state index contributed by atoms with van der Waals surface area (Å²) in [4.78, 5) is 0. The summed E-state index contributed by atoms with van der Waals surface area (Å²) in [7, 11) is 0. The van der Waals surface area contributed by atoms with Crippen LogP contribution in [0.3, 0.4) is 0 Å². The van der Waals surface area contributed by atoms with E-state index in [-0.39, 0.29) is 6.61 Å². The summed E-state index contributed by atoms with van der Waals surface area (Å²) in [5, 5.41) is 13.2. The second kappa shape index (κ2) is 7.72. The molecule has 2 aromatic carbocycles. The quantitative estimate of drug-likeness (QED) is 0.759. The molecule has 21 heavy (non-hydrogen) atoms. The third-order valence-electron chi connectivity index (χ3n) is 3.02. The average Bonchev–Trinajstić information content (AvgIpc) is 2.52. The van der Waals surface area contributed by atoms with Crippen molar-refractivity contribution in [2.45, 2.75) is 13.2 Å². The van der Waals surface area contributed by atoms with Crippen LogP contribution in [0.5, 0.6) is 5.75 Å². The maximum Gasteiger partial charge on any atom is 0.138 e. The van der Waals surface area contributed by atoms with Crippen molar-refractivity contribution in [1.82, 2.24) is 0 Å². The summed E-state index contributed by atoms with van der Waals surface area (Å²) < 4.78 is 5.44. The lowest BCUT2D eigenvalue weighted by molar-refractivity contribution is 0.282. The van der Waals surface area contributed by atoms with Crippen molar-refractivity contribution in [2.24, 2.45) is 0 Å². The van der Waals surface area contributed by atoms with E-state index in [0.717, 1.165) is 16.8 Å². The number of hydrogen-bond donors (Lipinski definition) is 2. The second-order valence-corrected chi connectivity index (χ2v) is 4.94. The number of para-hydroxylation sites is 1. The van der Waals surface area contributed by atoms with Gasteiger partial charge in [-0.3, -0.25) is 0 Å². The van der Waals surface area contributed by atoms with E-state index in [2.05, 4.69) is 11.9 Å². The minimum atomic E-state index is 0.0122. The third-order valence-corrected chi connectivity index (χ3v) is 3.32. The maximum absolute atomic E-state index is 9.29. The van der Waals surface area contributed by atoms with Crippen molar-refractivity contribution >= 4 is 17.3 Å². The Balaban J connectivity index is 2.03.